The molecule has 0 unspecified atom stereocenters. The molecule has 1 amide bonds. The van der Waals surface area contributed by atoms with E-state index < -0.39 is 0 Å². The predicted octanol–water partition coefficient (Wildman–Crippen LogP) is 5.90. The average molecular weight is 490 g/mol. The molecule has 0 radical (unpaired) electrons. The van der Waals surface area contributed by atoms with Gasteiger partial charge in [0.15, 0.2) is 6.61 Å². The van der Waals surface area contributed by atoms with Crippen LogP contribution in [0.15, 0.2) is 68.7 Å². The Morgan fingerprint density at radius 1 is 0.971 bits per heavy atom. The fourth-order valence-corrected chi connectivity index (χ4v) is 4.27. The van der Waals surface area contributed by atoms with Crippen LogP contribution in [0, 0.1) is 13.8 Å². The number of methoxy groups -OCH3 is 1. The van der Waals surface area contributed by atoms with Crippen molar-refractivity contribution in [2.45, 2.75) is 25.7 Å². The summed E-state index contributed by atoms with van der Waals surface area (Å²) in [7, 11) is 1.56. The number of nitrogens with one attached hydrogen (secondary N) is 1. The van der Waals surface area contributed by atoms with Crippen LogP contribution in [0.25, 0.3) is 21.9 Å². The topological polar surface area (TPSA) is 99.6 Å². The molecule has 178 valence electrons. The number of carbonyl (C=O) groups excluding carboxylic acids is 1. The highest BCUT2D eigenvalue weighted by atomic mass is 32.2. The smallest absolute Gasteiger partial charge is 0.277 e. The maximum absolute atomic E-state index is 12.6. The lowest BCUT2D eigenvalue weighted by atomic mass is 10.1. The third-order valence-corrected chi connectivity index (χ3v) is 6.26. The Bertz CT molecular complexity index is 1520. The Balaban J connectivity index is 1.21. The zero-order chi connectivity index (χ0) is 24.4. The molecule has 2 heterocycles. The van der Waals surface area contributed by atoms with Crippen molar-refractivity contribution in [1.29, 1.82) is 0 Å². The number of anilines is 1. The number of amides is 1. The van der Waals surface area contributed by atoms with Crippen molar-refractivity contribution < 1.29 is 23.1 Å². The molecule has 0 spiro atoms. The van der Waals surface area contributed by atoms with Crippen LogP contribution in [-0.4, -0.2) is 29.0 Å². The summed E-state index contributed by atoms with van der Waals surface area (Å²) in [6.07, 6.45) is 0. The molecule has 0 atom stereocenters. The van der Waals surface area contributed by atoms with E-state index in [0.29, 0.717) is 28.1 Å². The van der Waals surface area contributed by atoms with Crippen LogP contribution in [0.4, 0.5) is 5.69 Å². The van der Waals surface area contributed by atoms with Gasteiger partial charge in [0.25, 0.3) is 11.1 Å². The van der Waals surface area contributed by atoms with Crippen molar-refractivity contribution in [3.05, 3.63) is 71.6 Å². The van der Waals surface area contributed by atoms with Crippen molar-refractivity contribution in [3.63, 3.8) is 0 Å². The second-order valence-corrected chi connectivity index (χ2v) is 8.93. The van der Waals surface area contributed by atoms with E-state index in [9.17, 15) is 4.79 Å². The number of benzene rings is 3. The van der Waals surface area contributed by atoms with Crippen molar-refractivity contribution in [2.24, 2.45) is 0 Å². The van der Waals surface area contributed by atoms with Gasteiger partial charge in [-0.1, -0.05) is 42.1 Å². The van der Waals surface area contributed by atoms with E-state index in [-0.39, 0.29) is 18.3 Å². The van der Waals surface area contributed by atoms with E-state index in [2.05, 4.69) is 15.5 Å². The van der Waals surface area contributed by atoms with E-state index in [4.69, 9.17) is 18.3 Å². The number of fused-ring (bicyclic) bond motifs is 3. The Labute approximate surface area is 205 Å². The third kappa shape index (κ3) is 4.95. The van der Waals surface area contributed by atoms with Crippen LogP contribution in [0.3, 0.4) is 0 Å². The molecule has 0 fully saturated rings. The van der Waals surface area contributed by atoms with Gasteiger partial charge in [-0.3, -0.25) is 4.79 Å². The minimum Gasteiger partial charge on any atom is -0.495 e. The number of furan rings is 1. The van der Waals surface area contributed by atoms with Gasteiger partial charge < -0.3 is 23.6 Å². The van der Waals surface area contributed by atoms with Gasteiger partial charge in [0.1, 0.15) is 22.7 Å². The Kier molecular flexibility index (Phi) is 6.33. The molecule has 8 nitrogen and oxygen atoms in total. The minimum absolute atomic E-state index is 0.0841. The summed E-state index contributed by atoms with van der Waals surface area (Å²) >= 11 is 1.14. The van der Waals surface area contributed by atoms with Crippen molar-refractivity contribution in [2.75, 3.05) is 18.2 Å². The number of rotatable bonds is 8. The highest BCUT2D eigenvalue weighted by molar-refractivity contribution is 7.99. The van der Waals surface area contributed by atoms with Crippen molar-refractivity contribution in [3.8, 4) is 11.5 Å². The van der Waals surface area contributed by atoms with E-state index >= 15 is 0 Å². The first-order valence-electron chi connectivity index (χ1n) is 10.9. The highest BCUT2D eigenvalue weighted by Gasteiger charge is 2.16. The predicted molar refractivity (Wildman–Crippen MR) is 134 cm³/mol. The molecule has 0 saturated carbocycles. The van der Waals surface area contributed by atoms with E-state index in [1.807, 2.05) is 62.4 Å². The minimum atomic E-state index is -0.241. The SMILES string of the molecule is COc1cc2c(cc1NC(=O)CSc1nnc(COc3cc(C)ccc3C)o1)oc1ccccc12. The molecule has 9 heteroatoms. The summed E-state index contributed by atoms with van der Waals surface area (Å²) in [6, 6.07) is 17.4. The number of hydrogen-bond acceptors (Lipinski definition) is 8. The fraction of sp³-hybridized carbons (Fsp3) is 0.192. The van der Waals surface area contributed by atoms with Gasteiger partial charge in [0.05, 0.1) is 18.6 Å². The molecule has 0 aliphatic rings. The standard InChI is InChI=1S/C26H23N3O5S/c1-15-8-9-16(2)21(10-15)32-13-25-28-29-26(34-25)35-14-24(30)27-19-12-22-18(11-23(19)31-3)17-6-4-5-7-20(17)33-22/h4-12H,13-14H2,1-3H3,(H,27,30). The number of thioether (sulfide) groups is 1. The van der Waals surface area contributed by atoms with Gasteiger partial charge in [-0.2, -0.15) is 0 Å². The summed E-state index contributed by atoms with van der Waals surface area (Å²) in [6.45, 7) is 4.13. The first kappa shape index (κ1) is 22.8. The van der Waals surface area contributed by atoms with Crippen LogP contribution >= 0.6 is 11.8 Å². The second kappa shape index (κ2) is 9.71. The molecule has 5 aromatic rings. The second-order valence-electron chi connectivity index (χ2n) is 8.00. The molecule has 0 aliphatic carbocycles. The molecule has 3 aromatic carbocycles. The molecular formula is C26H23N3O5S. The number of aryl methyl sites for hydroxylation is 2. The Morgan fingerprint density at radius 2 is 1.83 bits per heavy atom. The van der Waals surface area contributed by atoms with E-state index in [0.717, 1.165) is 45.0 Å². The lowest BCUT2D eigenvalue weighted by Crippen LogP contribution is -2.14. The summed E-state index contributed by atoms with van der Waals surface area (Å²) in [4.78, 5) is 12.6. The van der Waals surface area contributed by atoms with Crippen LogP contribution in [0.5, 0.6) is 11.5 Å². The molecule has 0 aliphatic heterocycles. The quantitative estimate of drug-likeness (QED) is 0.269. The zero-order valence-corrected chi connectivity index (χ0v) is 20.3. The number of carbonyl (C=O) groups is 1. The lowest BCUT2D eigenvalue weighted by molar-refractivity contribution is -0.113. The highest BCUT2D eigenvalue weighted by Crippen LogP contribution is 2.36. The maximum Gasteiger partial charge on any atom is 0.277 e. The van der Waals surface area contributed by atoms with Crippen molar-refractivity contribution >= 4 is 45.3 Å². The van der Waals surface area contributed by atoms with Gasteiger partial charge in [-0.15, -0.1) is 10.2 Å². The van der Waals surface area contributed by atoms with Gasteiger partial charge >= 0.3 is 0 Å². The average Bonchev–Trinajstić information content (AvgIpc) is 3.46. The molecular weight excluding hydrogens is 466 g/mol. The van der Waals surface area contributed by atoms with Gasteiger partial charge in [-0.25, -0.2) is 0 Å². The van der Waals surface area contributed by atoms with Crippen LogP contribution in [-0.2, 0) is 11.4 Å². The van der Waals surface area contributed by atoms with E-state index in [1.54, 1.807) is 13.2 Å². The number of hydrogen-bond donors (Lipinski definition) is 1. The summed E-state index contributed by atoms with van der Waals surface area (Å²) in [5.74, 6) is 1.50. The monoisotopic (exact) mass is 489 g/mol. The first-order valence-corrected chi connectivity index (χ1v) is 11.9. The summed E-state index contributed by atoms with van der Waals surface area (Å²) < 4.78 is 22.8. The van der Waals surface area contributed by atoms with Gasteiger partial charge in [-0.05, 0) is 43.2 Å². The lowest BCUT2D eigenvalue weighted by Gasteiger charge is -2.10. The molecule has 1 N–H and O–H groups in total. The normalized spacial score (nSPS) is 11.2. The van der Waals surface area contributed by atoms with Crippen LogP contribution < -0.4 is 14.8 Å². The summed E-state index contributed by atoms with van der Waals surface area (Å²) in [5.41, 5.74) is 4.10. The number of ether oxygens (including phenoxy) is 2. The van der Waals surface area contributed by atoms with Crippen LogP contribution in [0.1, 0.15) is 17.0 Å². The number of aromatic nitrogens is 2. The molecule has 5 rings (SSSR count). The maximum atomic E-state index is 12.6. The molecule has 2 aromatic heterocycles. The first-order chi connectivity index (χ1) is 17.0. The Hall–Kier alpha value is -3.98. The fourth-order valence-electron chi connectivity index (χ4n) is 3.69. The number of nitrogens with zero attached hydrogens (tertiary/aromatic N) is 2. The van der Waals surface area contributed by atoms with Gasteiger partial charge in [0.2, 0.25) is 5.91 Å². The zero-order valence-electron chi connectivity index (χ0n) is 19.5. The van der Waals surface area contributed by atoms with Gasteiger partial charge in [0, 0.05) is 16.8 Å². The molecule has 35 heavy (non-hydrogen) atoms. The third-order valence-electron chi connectivity index (χ3n) is 5.44. The van der Waals surface area contributed by atoms with Crippen LogP contribution in [0.2, 0.25) is 0 Å². The van der Waals surface area contributed by atoms with E-state index in [1.165, 1.54) is 0 Å². The largest absolute Gasteiger partial charge is 0.495 e. The molecule has 0 bridgehead atoms. The summed E-state index contributed by atoms with van der Waals surface area (Å²) in [5, 5.41) is 13.1. The number of para-hydroxylation sites is 1. The van der Waals surface area contributed by atoms with Crippen molar-refractivity contribution in [1.82, 2.24) is 10.2 Å². The Morgan fingerprint density at radius 3 is 2.69 bits per heavy atom. The molecule has 0 saturated heterocycles.